The summed E-state index contributed by atoms with van der Waals surface area (Å²) in [6.07, 6.45) is 2.40. The Kier molecular flexibility index (Phi) is 6.91. The molecule has 0 spiro atoms. The molecule has 30 heavy (non-hydrogen) atoms. The quantitative estimate of drug-likeness (QED) is 0.533. The zero-order valence-electron chi connectivity index (χ0n) is 16.8. The largest absolute Gasteiger partial charge is 0.491 e. The first-order chi connectivity index (χ1) is 14.4. The third-order valence-electron chi connectivity index (χ3n) is 4.45. The second-order valence-electron chi connectivity index (χ2n) is 6.75. The van der Waals surface area contributed by atoms with Crippen molar-refractivity contribution in [3.63, 3.8) is 0 Å². The summed E-state index contributed by atoms with van der Waals surface area (Å²) in [4.78, 5) is 12.6. The predicted molar refractivity (Wildman–Crippen MR) is 114 cm³/mol. The van der Waals surface area contributed by atoms with Crippen LogP contribution >= 0.6 is 0 Å². The van der Waals surface area contributed by atoms with Gasteiger partial charge in [-0.25, -0.2) is 13.1 Å². The highest BCUT2D eigenvalue weighted by Gasteiger charge is 2.15. The van der Waals surface area contributed by atoms with E-state index in [-0.39, 0.29) is 23.5 Å². The average Bonchev–Trinajstić information content (AvgIpc) is 3.26. The zero-order chi connectivity index (χ0) is 21.6. The average molecular weight is 429 g/mol. The van der Waals surface area contributed by atoms with Gasteiger partial charge in [0.05, 0.1) is 23.8 Å². The minimum atomic E-state index is -3.69. The summed E-state index contributed by atoms with van der Waals surface area (Å²) in [7, 11) is -3.69. The van der Waals surface area contributed by atoms with E-state index in [1.165, 1.54) is 18.4 Å². The Labute approximate surface area is 176 Å². The molecule has 2 aromatic carbocycles. The molecule has 0 aliphatic heterocycles. The van der Waals surface area contributed by atoms with Crippen LogP contribution in [0.1, 0.15) is 36.4 Å². The van der Waals surface area contributed by atoms with Crippen LogP contribution in [0.2, 0.25) is 0 Å². The van der Waals surface area contributed by atoms with Crippen LogP contribution in [-0.2, 0) is 16.6 Å². The van der Waals surface area contributed by atoms with Crippen molar-refractivity contribution in [2.24, 2.45) is 0 Å². The number of hydrogen-bond acceptors (Lipinski definition) is 5. The summed E-state index contributed by atoms with van der Waals surface area (Å²) in [5.41, 5.74) is 0.936. The van der Waals surface area contributed by atoms with E-state index in [2.05, 4.69) is 10.0 Å². The molecule has 0 saturated heterocycles. The topological polar surface area (TPSA) is 97.6 Å². The minimum absolute atomic E-state index is 0.0548. The van der Waals surface area contributed by atoms with Crippen LogP contribution < -0.4 is 14.8 Å². The predicted octanol–water partition coefficient (Wildman–Crippen LogP) is 4.19. The van der Waals surface area contributed by atoms with Crippen molar-refractivity contribution in [3.8, 4) is 5.75 Å². The normalized spacial score (nSPS) is 12.3. The molecular formula is C22H24N2O5S. The maximum absolute atomic E-state index is 12.5. The van der Waals surface area contributed by atoms with Crippen LogP contribution in [0, 0.1) is 0 Å². The number of furan rings is 1. The summed E-state index contributed by atoms with van der Waals surface area (Å²) in [6.45, 7) is 4.05. The van der Waals surface area contributed by atoms with Gasteiger partial charge in [0.2, 0.25) is 10.0 Å². The van der Waals surface area contributed by atoms with Gasteiger partial charge >= 0.3 is 0 Å². The van der Waals surface area contributed by atoms with Crippen molar-refractivity contribution in [1.29, 1.82) is 0 Å². The molecule has 0 fully saturated rings. The number of nitrogens with one attached hydrogen (secondary N) is 2. The molecule has 0 aliphatic carbocycles. The summed E-state index contributed by atoms with van der Waals surface area (Å²) in [6, 6.07) is 16.3. The van der Waals surface area contributed by atoms with E-state index in [0.717, 1.165) is 6.42 Å². The van der Waals surface area contributed by atoms with Gasteiger partial charge in [0, 0.05) is 11.3 Å². The number of sulfonamides is 1. The number of ether oxygens (including phenoxy) is 1. The van der Waals surface area contributed by atoms with Crippen LogP contribution in [0.3, 0.4) is 0 Å². The lowest BCUT2D eigenvalue weighted by Crippen LogP contribution is -2.23. The Morgan fingerprint density at radius 3 is 2.53 bits per heavy atom. The van der Waals surface area contributed by atoms with Crippen LogP contribution in [0.15, 0.2) is 76.2 Å². The lowest BCUT2D eigenvalue weighted by Gasteiger charge is -2.13. The third-order valence-corrected chi connectivity index (χ3v) is 5.86. The van der Waals surface area contributed by atoms with Crippen molar-refractivity contribution >= 4 is 21.6 Å². The van der Waals surface area contributed by atoms with Gasteiger partial charge in [0.1, 0.15) is 11.5 Å². The second kappa shape index (κ2) is 9.60. The zero-order valence-corrected chi connectivity index (χ0v) is 17.6. The lowest BCUT2D eigenvalue weighted by molar-refractivity contribution is 0.102. The van der Waals surface area contributed by atoms with E-state index in [4.69, 9.17) is 9.15 Å². The van der Waals surface area contributed by atoms with Gasteiger partial charge in [0.25, 0.3) is 5.91 Å². The Hall–Kier alpha value is -3.10. The molecule has 1 atom stereocenters. The van der Waals surface area contributed by atoms with Crippen molar-refractivity contribution in [1.82, 2.24) is 4.72 Å². The maximum atomic E-state index is 12.5. The summed E-state index contributed by atoms with van der Waals surface area (Å²) in [5, 5.41) is 2.76. The van der Waals surface area contributed by atoms with E-state index in [9.17, 15) is 13.2 Å². The summed E-state index contributed by atoms with van der Waals surface area (Å²) < 4.78 is 38.1. The third kappa shape index (κ3) is 5.71. The fraction of sp³-hybridized carbons (Fsp3) is 0.227. The van der Waals surface area contributed by atoms with Crippen molar-refractivity contribution in [3.05, 3.63) is 78.3 Å². The Balaban J connectivity index is 1.64. The first-order valence-corrected chi connectivity index (χ1v) is 11.1. The molecule has 3 aromatic rings. The Bertz CT molecular complexity index is 1080. The molecule has 0 saturated carbocycles. The van der Waals surface area contributed by atoms with E-state index in [1.54, 1.807) is 48.5 Å². The minimum Gasteiger partial charge on any atom is -0.491 e. The number of carbonyl (C=O) groups excluding carboxylic acids is 1. The van der Waals surface area contributed by atoms with E-state index in [1.807, 2.05) is 13.8 Å². The van der Waals surface area contributed by atoms with Gasteiger partial charge in [-0.05, 0) is 67.9 Å². The number of rotatable bonds is 9. The van der Waals surface area contributed by atoms with Crippen LogP contribution in [-0.4, -0.2) is 20.4 Å². The highest BCUT2D eigenvalue weighted by Crippen LogP contribution is 2.19. The molecule has 158 valence electrons. The van der Waals surface area contributed by atoms with Gasteiger partial charge < -0.3 is 14.5 Å². The molecule has 8 heteroatoms. The first-order valence-electron chi connectivity index (χ1n) is 9.57. The molecule has 2 N–H and O–H groups in total. The molecular weight excluding hydrogens is 404 g/mol. The number of hydrogen-bond donors (Lipinski definition) is 2. The highest BCUT2D eigenvalue weighted by molar-refractivity contribution is 7.89. The van der Waals surface area contributed by atoms with Crippen LogP contribution in [0.25, 0.3) is 0 Å². The molecule has 1 aromatic heterocycles. The Morgan fingerprint density at radius 1 is 1.10 bits per heavy atom. The van der Waals surface area contributed by atoms with Gasteiger partial charge in [-0.15, -0.1) is 0 Å². The molecule has 1 unspecified atom stereocenters. The monoisotopic (exact) mass is 428 g/mol. The maximum Gasteiger partial charge on any atom is 0.255 e. The molecule has 0 aliphatic rings. The highest BCUT2D eigenvalue weighted by atomic mass is 32.2. The first kappa shape index (κ1) is 21.6. The van der Waals surface area contributed by atoms with Gasteiger partial charge in [-0.1, -0.05) is 13.0 Å². The molecule has 1 amide bonds. The smallest absolute Gasteiger partial charge is 0.255 e. The number of benzene rings is 2. The van der Waals surface area contributed by atoms with E-state index in [0.29, 0.717) is 22.8 Å². The van der Waals surface area contributed by atoms with Crippen molar-refractivity contribution in [2.75, 3.05) is 5.32 Å². The standard InChI is InChI=1S/C22H24N2O5S/c1-3-16(2)29-19-7-4-6-17(14-19)22(25)24-18-9-11-21(12-10-18)30(26,27)23-15-20-8-5-13-28-20/h4-14,16,23H,3,15H2,1-2H3,(H,24,25). The number of amides is 1. The summed E-state index contributed by atoms with van der Waals surface area (Å²) >= 11 is 0. The molecule has 7 nitrogen and oxygen atoms in total. The second-order valence-corrected chi connectivity index (χ2v) is 8.51. The fourth-order valence-corrected chi connectivity index (χ4v) is 3.60. The lowest BCUT2D eigenvalue weighted by atomic mass is 10.2. The SMILES string of the molecule is CCC(C)Oc1cccc(C(=O)Nc2ccc(S(=O)(=O)NCc3ccco3)cc2)c1. The van der Waals surface area contributed by atoms with Crippen LogP contribution in [0.4, 0.5) is 5.69 Å². The van der Waals surface area contributed by atoms with E-state index >= 15 is 0 Å². The van der Waals surface area contributed by atoms with Gasteiger partial charge in [-0.3, -0.25) is 4.79 Å². The molecule has 0 radical (unpaired) electrons. The van der Waals surface area contributed by atoms with Crippen LogP contribution in [0.5, 0.6) is 5.75 Å². The molecule has 1 heterocycles. The number of carbonyl (C=O) groups is 1. The van der Waals surface area contributed by atoms with E-state index < -0.39 is 10.0 Å². The molecule has 3 rings (SSSR count). The summed E-state index contributed by atoms with van der Waals surface area (Å²) in [5.74, 6) is 0.833. The molecule has 0 bridgehead atoms. The van der Waals surface area contributed by atoms with Gasteiger partial charge in [-0.2, -0.15) is 0 Å². The Morgan fingerprint density at radius 2 is 1.87 bits per heavy atom. The van der Waals surface area contributed by atoms with Crippen molar-refractivity contribution in [2.45, 2.75) is 37.8 Å². The van der Waals surface area contributed by atoms with Crippen molar-refractivity contribution < 1.29 is 22.4 Å². The number of anilines is 1. The van der Waals surface area contributed by atoms with Gasteiger partial charge in [0.15, 0.2) is 0 Å². The fourth-order valence-electron chi connectivity index (χ4n) is 2.61.